The largest absolute Gasteiger partial charge is 0.496 e. The fourth-order valence-electron chi connectivity index (χ4n) is 2.51. The summed E-state index contributed by atoms with van der Waals surface area (Å²) in [6.45, 7) is 2.25. The lowest BCUT2D eigenvalue weighted by molar-refractivity contribution is 0.174. The van der Waals surface area contributed by atoms with Crippen LogP contribution in [0.3, 0.4) is 0 Å². The normalized spacial score (nSPS) is 24.6. The molecule has 1 fully saturated rings. The molecule has 0 amide bonds. The van der Waals surface area contributed by atoms with E-state index in [0.717, 1.165) is 31.8 Å². The fraction of sp³-hybridized carbons (Fsp3) is 0.538. The van der Waals surface area contributed by atoms with Crippen LogP contribution in [-0.2, 0) is 10.2 Å². The van der Waals surface area contributed by atoms with Gasteiger partial charge in [0.1, 0.15) is 5.75 Å². The molecule has 1 aromatic carbocycles. The monoisotopic (exact) mass is 221 g/mol. The van der Waals surface area contributed by atoms with Crippen molar-refractivity contribution in [3.05, 3.63) is 29.8 Å². The van der Waals surface area contributed by atoms with E-state index in [1.807, 2.05) is 12.1 Å². The number of hydrogen-bond donors (Lipinski definition) is 1. The van der Waals surface area contributed by atoms with Crippen molar-refractivity contribution >= 4 is 0 Å². The molecule has 16 heavy (non-hydrogen) atoms. The lowest BCUT2D eigenvalue weighted by atomic mass is 9.76. The number of benzene rings is 1. The Hall–Kier alpha value is -1.06. The molecule has 3 heteroatoms. The molecular formula is C13H19NO2. The van der Waals surface area contributed by atoms with Gasteiger partial charge in [0.25, 0.3) is 0 Å². The minimum absolute atomic E-state index is 0.0569. The van der Waals surface area contributed by atoms with Gasteiger partial charge in [0.05, 0.1) is 13.7 Å². The lowest BCUT2D eigenvalue weighted by Crippen LogP contribution is -2.30. The molecule has 1 aliphatic rings. The predicted molar refractivity (Wildman–Crippen MR) is 63.8 cm³/mol. The second-order valence-electron chi connectivity index (χ2n) is 4.32. The van der Waals surface area contributed by atoms with E-state index in [1.165, 1.54) is 5.56 Å². The van der Waals surface area contributed by atoms with Gasteiger partial charge in [-0.15, -0.1) is 0 Å². The van der Waals surface area contributed by atoms with E-state index in [2.05, 4.69) is 12.1 Å². The highest BCUT2D eigenvalue weighted by Gasteiger charge is 2.37. The first-order chi connectivity index (χ1) is 7.82. The zero-order valence-corrected chi connectivity index (χ0v) is 9.74. The first-order valence-electron chi connectivity index (χ1n) is 5.74. The summed E-state index contributed by atoms with van der Waals surface area (Å²) in [5, 5.41) is 0. The Morgan fingerprint density at radius 1 is 1.44 bits per heavy atom. The summed E-state index contributed by atoms with van der Waals surface area (Å²) in [5.74, 6) is 0.946. The summed E-state index contributed by atoms with van der Waals surface area (Å²) in [5.41, 5.74) is 7.02. The van der Waals surface area contributed by atoms with Gasteiger partial charge in [0.15, 0.2) is 0 Å². The van der Waals surface area contributed by atoms with E-state index in [0.29, 0.717) is 6.54 Å². The second-order valence-corrected chi connectivity index (χ2v) is 4.32. The molecule has 1 aliphatic heterocycles. The maximum atomic E-state index is 5.73. The Bertz CT molecular complexity index is 346. The summed E-state index contributed by atoms with van der Waals surface area (Å²) < 4.78 is 11.0. The molecular weight excluding hydrogens is 202 g/mol. The maximum absolute atomic E-state index is 5.73. The van der Waals surface area contributed by atoms with Crippen LogP contribution in [0.5, 0.6) is 5.75 Å². The molecule has 0 bridgehead atoms. The van der Waals surface area contributed by atoms with Crippen LogP contribution in [0, 0.1) is 0 Å². The van der Waals surface area contributed by atoms with Gasteiger partial charge >= 0.3 is 0 Å². The highest BCUT2D eigenvalue weighted by atomic mass is 16.5. The summed E-state index contributed by atoms with van der Waals surface area (Å²) in [6.07, 6.45) is 1.98. The van der Waals surface area contributed by atoms with Gasteiger partial charge in [0, 0.05) is 17.6 Å². The van der Waals surface area contributed by atoms with Crippen molar-refractivity contribution in [1.29, 1.82) is 0 Å². The van der Waals surface area contributed by atoms with Crippen molar-refractivity contribution < 1.29 is 9.47 Å². The van der Waals surface area contributed by atoms with Gasteiger partial charge in [-0.3, -0.25) is 0 Å². The van der Waals surface area contributed by atoms with Gasteiger partial charge in [-0.25, -0.2) is 0 Å². The molecule has 0 radical (unpaired) electrons. The molecule has 0 spiro atoms. The Morgan fingerprint density at radius 3 is 2.88 bits per heavy atom. The van der Waals surface area contributed by atoms with Gasteiger partial charge in [-0.1, -0.05) is 18.2 Å². The van der Waals surface area contributed by atoms with Crippen LogP contribution >= 0.6 is 0 Å². The Labute approximate surface area is 96.5 Å². The third-order valence-electron chi connectivity index (χ3n) is 3.40. The molecule has 1 saturated heterocycles. The van der Waals surface area contributed by atoms with Crippen LogP contribution in [0.1, 0.15) is 18.4 Å². The zero-order chi connectivity index (χ0) is 11.4. The van der Waals surface area contributed by atoms with E-state index in [4.69, 9.17) is 15.2 Å². The van der Waals surface area contributed by atoms with Crippen LogP contribution in [0.25, 0.3) is 0 Å². The predicted octanol–water partition coefficient (Wildman–Crippen LogP) is 1.70. The van der Waals surface area contributed by atoms with Gasteiger partial charge in [0.2, 0.25) is 0 Å². The first kappa shape index (κ1) is 11.4. The summed E-state index contributed by atoms with van der Waals surface area (Å²) >= 11 is 0. The molecule has 0 saturated carbocycles. The number of para-hydroxylation sites is 1. The molecule has 2 N–H and O–H groups in total. The molecule has 1 unspecified atom stereocenters. The van der Waals surface area contributed by atoms with Crippen molar-refractivity contribution in [3.8, 4) is 5.75 Å². The second kappa shape index (κ2) is 4.85. The molecule has 3 nitrogen and oxygen atoms in total. The molecule has 88 valence electrons. The average molecular weight is 221 g/mol. The molecule has 2 rings (SSSR count). The maximum Gasteiger partial charge on any atom is 0.122 e. The van der Waals surface area contributed by atoms with Crippen molar-refractivity contribution in [2.75, 3.05) is 26.9 Å². The molecule has 1 heterocycles. The van der Waals surface area contributed by atoms with Crippen molar-refractivity contribution in [2.45, 2.75) is 18.3 Å². The SMILES string of the molecule is COc1ccccc1C1(CCN)CCOC1. The zero-order valence-electron chi connectivity index (χ0n) is 9.74. The van der Waals surface area contributed by atoms with Gasteiger partial charge < -0.3 is 15.2 Å². The third-order valence-corrected chi connectivity index (χ3v) is 3.40. The number of nitrogens with two attached hydrogens (primary N) is 1. The fourth-order valence-corrected chi connectivity index (χ4v) is 2.51. The van der Waals surface area contributed by atoms with Crippen LogP contribution in [0.15, 0.2) is 24.3 Å². The van der Waals surface area contributed by atoms with Gasteiger partial charge in [-0.05, 0) is 25.5 Å². The Kier molecular flexibility index (Phi) is 3.46. The topological polar surface area (TPSA) is 44.5 Å². The van der Waals surface area contributed by atoms with Crippen LogP contribution < -0.4 is 10.5 Å². The smallest absolute Gasteiger partial charge is 0.122 e. The lowest BCUT2D eigenvalue weighted by Gasteiger charge is -2.29. The molecule has 1 aromatic rings. The van der Waals surface area contributed by atoms with E-state index in [9.17, 15) is 0 Å². The quantitative estimate of drug-likeness (QED) is 0.841. The third kappa shape index (κ3) is 1.93. The van der Waals surface area contributed by atoms with Crippen molar-refractivity contribution in [2.24, 2.45) is 5.73 Å². The number of rotatable bonds is 4. The van der Waals surface area contributed by atoms with Crippen LogP contribution in [-0.4, -0.2) is 26.9 Å². The van der Waals surface area contributed by atoms with E-state index < -0.39 is 0 Å². The minimum Gasteiger partial charge on any atom is -0.496 e. The van der Waals surface area contributed by atoms with Crippen LogP contribution in [0.2, 0.25) is 0 Å². The summed E-state index contributed by atoms with van der Waals surface area (Å²) in [7, 11) is 1.71. The van der Waals surface area contributed by atoms with Crippen LogP contribution in [0.4, 0.5) is 0 Å². The summed E-state index contributed by atoms with van der Waals surface area (Å²) in [4.78, 5) is 0. The molecule has 0 aliphatic carbocycles. The Balaban J connectivity index is 2.38. The summed E-state index contributed by atoms with van der Waals surface area (Å²) in [6, 6.07) is 8.18. The minimum atomic E-state index is 0.0569. The van der Waals surface area contributed by atoms with Crippen molar-refractivity contribution in [1.82, 2.24) is 0 Å². The van der Waals surface area contributed by atoms with E-state index >= 15 is 0 Å². The molecule has 0 aromatic heterocycles. The molecule has 1 atom stereocenters. The number of ether oxygens (including phenoxy) is 2. The number of hydrogen-bond acceptors (Lipinski definition) is 3. The Morgan fingerprint density at radius 2 is 2.25 bits per heavy atom. The number of methoxy groups -OCH3 is 1. The van der Waals surface area contributed by atoms with E-state index in [1.54, 1.807) is 7.11 Å². The highest BCUT2D eigenvalue weighted by Crippen LogP contribution is 2.40. The van der Waals surface area contributed by atoms with Gasteiger partial charge in [-0.2, -0.15) is 0 Å². The highest BCUT2D eigenvalue weighted by molar-refractivity contribution is 5.40. The van der Waals surface area contributed by atoms with Crippen molar-refractivity contribution in [3.63, 3.8) is 0 Å². The van der Waals surface area contributed by atoms with E-state index in [-0.39, 0.29) is 5.41 Å². The average Bonchev–Trinajstić information content (AvgIpc) is 2.79. The standard InChI is InChI=1S/C13H19NO2/c1-15-12-5-3-2-4-11(12)13(6-8-14)7-9-16-10-13/h2-5H,6-10,14H2,1H3. The first-order valence-corrected chi connectivity index (χ1v) is 5.74.